The third kappa shape index (κ3) is 2.33. The molecule has 0 heterocycles. The molecule has 0 aliphatic heterocycles. The molecule has 1 aromatic carbocycles. The summed E-state index contributed by atoms with van der Waals surface area (Å²) in [5.41, 5.74) is 5.12. The van der Waals surface area contributed by atoms with Crippen LogP contribution < -0.4 is 0 Å². The minimum Gasteiger partial charge on any atom is -0.392 e. The first-order valence-corrected chi connectivity index (χ1v) is 8.44. The van der Waals surface area contributed by atoms with Crippen LogP contribution in [0.1, 0.15) is 82.1 Å². The van der Waals surface area contributed by atoms with Crippen molar-refractivity contribution in [3.05, 3.63) is 34.4 Å². The predicted molar refractivity (Wildman–Crippen MR) is 87.4 cm³/mol. The molecule has 118 valence electrons. The van der Waals surface area contributed by atoms with E-state index in [1.807, 2.05) is 0 Å². The zero-order chi connectivity index (χ0) is 15.7. The van der Waals surface area contributed by atoms with Gasteiger partial charge in [0, 0.05) is 0 Å². The maximum Gasteiger partial charge on any atom is 0.0685 e. The Balaban J connectivity index is 2.73. The highest BCUT2D eigenvalue weighted by Crippen LogP contribution is 2.56. The van der Waals surface area contributed by atoms with Gasteiger partial charge in [0.05, 0.1) is 13.2 Å². The largest absolute Gasteiger partial charge is 0.392 e. The molecule has 0 amide bonds. The standard InChI is InChI=1S/C19H30O2/c1-5-18(6-2)13-19(7-3,8-4)17-10-15(12-21)14(11-20)9-16(17)18/h9-10,20-21H,5-8,11-13H2,1-4H3. The summed E-state index contributed by atoms with van der Waals surface area (Å²) in [7, 11) is 0. The summed E-state index contributed by atoms with van der Waals surface area (Å²) in [6, 6.07) is 4.36. The molecule has 2 rings (SSSR count). The fourth-order valence-electron chi connectivity index (χ4n) is 4.46. The molecule has 2 N–H and O–H groups in total. The van der Waals surface area contributed by atoms with Crippen LogP contribution in [-0.4, -0.2) is 10.2 Å². The molecular formula is C19H30O2. The van der Waals surface area contributed by atoms with Gasteiger partial charge in [-0.05, 0) is 65.2 Å². The van der Waals surface area contributed by atoms with Gasteiger partial charge in [-0.15, -0.1) is 0 Å². The number of aliphatic hydroxyl groups excluding tert-OH is 2. The minimum atomic E-state index is 0.0118. The smallest absolute Gasteiger partial charge is 0.0685 e. The molecule has 0 spiro atoms. The number of hydrogen-bond acceptors (Lipinski definition) is 2. The van der Waals surface area contributed by atoms with E-state index in [-0.39, 0.29) is 24.0 Å². The van der Waals surface area contributed by atoms with Crippen molar-refractivity contribution in [3.63, 3.8) is 0 Å². The summed E-state index contributed by atoms with van der Waals surface area (Å²) in [6.45, 7) is 9.16. The molecule has 0 fully saturated rings. The van der Waals surface area contributed by atoms with Gasteiger partial charge < -0.3 is 10.2 Å². The molecule has 0 atom stereocenters. The Kier molecular flexibility index (Phi) is 4.79. The summed E-state index contributed by atoms with van der Waals surface area (Å²) in [6.07, 6.45) is 5.77. The molecule has 0 saturated heterocycles. The van der Waals surface area contributed by atoms with Gasteiger partial charge in [-0.25, -0.2) is 0 Å². The maximum absolute atomic E-state index is 9.63. The van der Waals surface area contributed by atoms with E-state index in [9.17, 15) is 10.2 Å². The van der Waals surface area contributed by atoms with Crippen molar-refractivity contribution < 1.29 is 10.2 Å². The lowest BCUT2D eigenvalue weighted by Crippen LogP contribution is -2.27. The van der Waals surface area contributed by atoms with E-state index in [4.69, 9.17) is 0 Å². The quantitative estimate of drug-likeness (QED) is 0.824. The lowest BCUT2D eigenvalue weighted by atomic mass is 9.71. The van der Waals surface area contributed by atoms with E-state index in [1.165, 1.54) is 17.5 Å². The first-order chi connectivity index (χ1) is 10.1. The lowest BCUT2D eigenvalue weighted by molar-refractivity contribution is 0.259. The molecule has 2 heteroatoms. The SMILES string of the molecule is CCC1(CC)CC(CC)(CC)c2cc(CO)c(CO)cc21. The minimum absolute atomic E-state index is 0.0118. The summed E-state index contributed by atoms with van der Waals surface area (Å²) in [4.78, 5) is 0. The average molecular weight is 290 g/mol. The van der Waals surface area contributed by atoms with Gasteiger partial charge >= 0.3 is 0 Å². The second-order valence-electron chi connectivity index (χ2n) is 6.63. The maximum atomic E-state index is 9.63. The number of rotatable bonds is 6. The summed E-state index contributed by atoms with van der Waals surface area (Å²) < 4.78 is 0. The predicted octanol–water partition coefficient (Wildman–Crippen LogP) is 4.19. The van der Waals surface area contributed by atoms with Crippen molar-refractivity contribution in [3.8, 4) is 0 Å². The van der Waals surface area contributed by atoms with Crippen LogP contribution >= 0.6 is 0 Å². The fourth-order valence-corrected chi connectivity index (χ4v) is 4.46. The second-order valence-corrected chi connectivity index (χ2v) is 6.63. The van der Waals surface area contributed by atoms with Crippen molar-refractivity contribution in [2.45, 2.75) is 83.8 Å². The van der Waals surface area contributed by atoms with Crippen molar-refractivity contribution in [1.29, 1.82) is 0 Å². The molecule has 0 aromatic heterocycles. The second kappa shape index (κ2) is 6.10. The number of aliphatic hydroxyl groups is 2. The third-order valence-electron chi connectivity index (χ3n) is 6.21. The summed E-state index contributed by atoms with van der Waals surface area (Å²) >= 11 is 0. The van der Waals surface area contributed by atoms with Gasteiger partial charge in [0.15, 0.2) is 0 Å². The third-order valence-corrected chi connectivity index (χ3v) is 6.21. The molecule has 1 aromatic rings. The molecule has 0 radical (unpaired) electrons. The van der Waals surface area contributed by atoms with Crippen LogP contribution in [0.3, 0.4) is 0 Å². The summed E-state index contributed by atoms with van der Waals surface area (Å²) in [5.74, 6) is 0. The zero-order valence-corrected chi connectivity index (χ0v) is 14.0. The molecule has 2 nitrogen and oxygen atoms in total. The van der Waals surface area contributed by atoms with Crippen LogP contribution in [0.15, 0.2) is 12.1 Å². The highest BCUT2D eigenvalue weighted by atomic mass is 16.3. The van der Waals surface area contributed by atoms with Crippen LogP contribution in [0, 0.1) is 0 Å². The van der Waals surface area contributed by atoms with Crippen LogP contribution in [0.25, 0.3) is 0 Å². The Morgan fingerprint density at radius 3 is 1.33 bits per heavy atom. The Morgan fingerprint density at radius 2 is 1.10 bits per heavy atom. The van der Waals surface area contributed by atoms with E-state index in [1.54, 1.807) is 0 Å². The molecule has 0 unspecified atom stereocenters. The number of hydrogen-bond donors (Lipinski definition) is 2. The van der Waals surface area contributed by atoms with Crippen LogP contribution in [0.2, 0.25) is 0 Å². The first kappa shape index (κ1) is 16.5. The Morgan fingerprint density at radius 1 is 0.762 bits per heavy atom. The van der Waals surface area contributed by atoms with Gasteiger partial charge in [0.25, 0.3) is 0 Å². The van der Waals surface area contributed by atoms with Crippen molar-refractivity contribution in [2.75, 3.05) is 0 Å². The van der Waals surface area contributed by atoms with Crippen LogP contribution in [0.5, 0.6) is 0 Å². The summed E-state index contributed by atoms with van der Waals surface area (Å²) in [5, 5.41) is 19.3. The number of benzene rings is 1. The fraction of sp³-hybridized carbons (Fsp3) is 0.684. The molecule has 21 heavy (non-hydrogen) atoms. The monoisotopic (exact) mass is 290 g/mol. The average Bonchev–Trinajstić information content (AvgIpc) is 2.83. The van der Waals surface area contributed by atoms with Crippen molar-refractivity contribution in [1.82, 2.24) is 0 Å². The molecule has 0 saturated carbocycles. The first-order valence-electron chi connectivity index (χ1n) is 8.44. The molecule has 1 aliphatic rings. The van der Waals surface area contributed by atoms with Gasteiger partial charge in [-0.1, -0.05) is 39.8 Å². The van der Waals surface area contributed by atoms with Crippen LogP contribution in [-0.2, 0) is 24.0 Å². The van der Waals surface area contributed by atoms with Crippen molar-refractivity contribution >= 4 is 0 Å². The van der Waals surface area contributed by atoms with Gasteiger partial charge in [-0.2, -0.15) is 0 Å². The lowest BCUT2D eigenvalue weighted by Gasteiger charge is -2.32. The normalized spacial score (nSPS) is 18.8. The van der Waals surface area contributed by atoms with E-state index >= 15 is 0 Å². The van der Waals surface area contributed by atoms with Crippen molar-refractivity contribution in [2.24, 2.45) is 0 Å². The Bertz CT molecular complexity index is 452. The van der Waals surface area contributed by atoms with E-state index in [2.05, 4.69) is 39.8 Å². The number of fused-ring (bicyclic) bond motifs is 1. The van der Waals surface area contributed by atoms with Crippen LogP contribution in [0.4, 0.5) is 0 Å². The Hall–Kier alpha value is -0.860. The topological polar surface area (TPSA) is 40.5 Å². The van der Waals surface area contributed by atoms with Gasteiger partial charge in [0.1, 0.15) is 0 Å². The molecule has 0 bridgehead atoms. The van der Waals surface area contributed by atoms with E-state index < -0.39 is 0 Å². The Labute approximate surface area is 129 Å². The van der Waals surface area contributed by atoms with E-state index in [0.717, 1.165) is 36.8 Å². The zero-order valence-electron chi connectivity index (χ0n) is 14.0. The van der Waals surface area contributed by atoms with Gasteiger partial charge in [0.2, 0.25) is 0 Å². The highest BCUT2D eigenvalue weighted by Gasteiger charge is 2.48. The highest BCUT2D eigenvalue weighted by molar-refractivity contribution is 5.51. The van der Waals surface area contributed by atoms with E-state index in [0.29, 0.717) is 0 Å². The molecule has 1 aliphatic carbocycles. The van der Waals surface area contributed by atoms with Gasteiger partial charge in [-0.3, -0.25) is 0 Å². The molecular weight excluding hydrogens is 260 g/mol.